The number of hydrogen-bond acceptors (Lipinski definition) is 2. The summed E-state index contributed by atoms with van der Waals surface area (Å²) in [7, 11) is 0. The van der Waals surface area contributed by atoms with E-state index < -0.39 is 0 Å². The molecular weight excluding hydrogens is 226 g/mol. The van der Waals surface area contributed by atoms with Crippen LogP contribution in [-0.2, 0) is 13.1 Å². The normalized spacial score (nSPS) is 10.9. The van der Waals surface area contributed by atoms with E-state index in [0.717, 1.165) is 11.1 Å². The number of urea groups is 1. The van der Waals surface area contributed by atoms with Crippen LogP contribution in [0.3, 0.4) is 0 Å². The van der Waals surface area contributed by atoms with Crippen LogP contribution in [0.1, 0.15) is 25.0 Å². The van der Waals surface area contributed by atoms with Crippen molar-refractivity contribution in [2.45, 2.75) is 26.9 Å². The third kappa shape index (κ3) is 5.50. The summed E-state index contributed by atoms with van der Waals surface area (Å²) in [6.07, 6.45) is 3.59. The Morgan fingerprint density at radius 1 is 1.39 bits per heavy atom. The average molecular weight is 247 g/mol. The third-order valence-electron chi connectivity index (χ3n) is 2.38. The van der Waals surface area contributed by atoms with Crippen LogP contribution in [0.15, 0.2) is 36.5 Å². The van der Waals surface area contributed by atoms with Gasteiger partial charge in [-0.25, -0.2) is 4.79 Å². The lowest BCUT2D eigenvalue weighted by atomic mass is 10.1. The number of nitrogens with two attached hydrogens (primary N) is 1. The predicted molar refractivity (Wildman–Crippen MR) is 73.7 cm³/mol. The van der Waals surface area contributed by atoms with Gasteiger partial charge in [-0.3, -0.25) is 0 Å². The first kappa shape index (κ1) is 14.3. The monoisotopic (exact) mass is 247 g/mol. The highest BCUT2D eigenvalue weighted by Gasteiger charge is 1.98. The van der Waals surface area contributed by atoms with Gasteiger partial charge >= 0.3 is 6.03 Å². The summed E-state index contributed by atoms with van der Waals surface area (Å²) in [4.78, 5) is 11.5. The highest BCUT2D eigenvalue weighted by atomic mass is 16.2. The number of nitrogens with one attached hydrogen (secondary N) is 2. The van der Waals surface area contributed by atoms with Crippen molar-refractivity contribution < 1.29 is 4.79 Å². The van der Waals surface area contributed by atoms with E-state index in [9.17, 15) is 4.79 Å². The Kier molecular flexibility index (Phi) is 5.94. The molecule has 2 amide bonds. The zero-order chi connectivity index (χ0) is 13.4. The van der Waals surface area contributed by atoms with Crippen LogP contribution < -0.4 is 16.4 Å². The van der Waals surface area contributed by atoms with Crippen molar-refractivity contribution in [3.05, 3.63) is 47.7 Å². The largest absolute Gasteiger partial charge is 0.334 e. The van der Waals surface area contributed by atoms with Crippen LogP contribution in [0, 0.1) is 5.92 Å². The summed E-state index contributed by atoms with van der Waals surface area (Å²) in [5.41, 5.74) is 7.67. The summed E-state index contributed by atoms with van der Waals surface area (Å²) < 4.78 is 0. The molecule has 0 saturated carbocycles. The van der Waals surface area contributed by atoms with Crippen molar-refractivity contribution in [2.75, 3.05) is 0 Å². The molecule has 0 atom stereocenters. The molecule has 4 heteroatoms. The summed E-state index contributed by atoms with van der Waals surface area (Å²) in [6, 6.07) is 7.66. The molecule has 0 aromatic heterocycles. The summed E-state index contributed by atoms with van der Waals surface area (Å²) >= 11 is 0. The van der Waals surface area contributed by atoms with Gasteiger partial charge in [0, 0.05) is 19.3 Å². The Labute approximate surface area is 108 Å². The second kappa shape index (κ2) is 7.50. The number of rotatable bonds is 5. The van der Waals surface area contributed by atoms with Crippen molar-refractivity contribution in [1.82, 2.24) is 10.6 Å². The van der Waals surface area contributed by atoms with E-state index in [-0.39, 0.29) is 6.03 Å². The van der Waals surface area contributed by atoms with E-state index in [0.29, 0.717) is 19.0 Å². The number of hydrogen-bond donors (Lipinski definition) is 3. The molecule has 0 spiro atoms. The Morgan fingerprint density at radius 2 is 2.11 bits per heavy atom. The third-order valence-corrected chi connectivity index (χ3v) is 2.38. The molecule has 0 aliphatic rings. The van der Waals surface area contributed by atoms with E-state index in [1.807, 2.05) is 30.3 Å². The van der Waals surface area contributed by atoms with E-state index >= 15 is 0 Å². The van der Waals surface area contributed by atoms with Gasteiger partial charge < -0.3 is 16.4 Å². The lowest BCUT2D eigenvalue weighted by Gasteiger charge is -2.06. The van der Waals surface area contributed by atoms with Crippen molar-refractivity contribution in [2.24, 2.45) is 11.7 Å². The molecule has 0 aliphatic carbocycles. The van der Waals surface area contributed by atoms with E-state index in [2.05, 4.69) is 24.5 Å². The standard InChI is InChI=1S/C14H21N3O/c1-11(2)6-7-16-14(18)17-10-13-5-3-4-12(8-13)9-15/h3-8,11H,9-10,15H2,1-2H3,(H2,16,17,18)/b7-6+. The molecule has 4 N–H and O–H groups in total. The quantitative estimate of drug-likeness (QED) is 0.746. The number of amides is 2. The second-order valence-corrected chi connectivity index (χ2v) is 4.45. The Morgan fingerprint density at radius 3 is 2.78 bits per heavy atom. The molecule has 98 valence electrons. The van der Waals surface area contributed by atoms with Crippen molar-refractivity contribution >= 4 is 6.03 Å². The minimum atomic E-state index is -0.204. The number of carbonyl (C=O) groups excluding carboxylic acids is 1. The van der Waals surface area contributed by atoms with Gasteiger partial charge in [-0.2, -0.15) is 0 Å². The van der Waals surface area contributed by atoms with Crippen LogP contribution in [-0.4, -0.2) is 6.03 Å². The van der Waals surface area contributed by atoms with Gasteiger partial charge in [-0.15, -0.1) is 0 Å². The lowest BCUT2D eigenvalue weighted by Crippen LogP contribution is -2.31. The van der Waals surface area contributed by atoms with Crippen LogP contribution in [0.4, 0.5) is 4.79 Å². The van der Waals surface area contributed by atoms with Crippen LogP contribution in [0.25, 0.3) is 0 Å². The zero-order valence-electron chi connectivity index (χ0n) is 10.9. The van der Waals surface area contributed by atoms with E-state index in [1.54, 1.807) is 6.20 Å². The van der Waals surface area contributed by atoms with Crippen LogP contribution in [0.5, 0.6) is 0 Å². The fourth-order valence-electron chi connectivity index (χ4n) is 1.42. The predicted octanol–water partition coefficient (Wildman–Crippen LogP) is 2.11. The average Bonchev–Trinajstić information content (AvgIpc) is 2.36. The van der Waals surface area contributed by atoms with Gasteiger partial charge in [-0.05, 0) is 17.0 Å². The smallest absolute Gasteiger partial charge is 0.319 e. The van der Waals surface area contributed by atoms with E-state index in [4.69, 9.17) is 5.73 Å². The SMILES string of the molecule is CC(C)/C=C/NC(=O)NCc1cccc(CN)c1. The molecule has 0 unspecified atom stereocenters. The molecule has 1 aromatic carbocycles. The molecule has 0 saturated heterocycles. The van der Waals surface area contributed by atoms with Crippen LogP contribution >= 0.6 is 0 Å². The highest BCUT2D eigenvalue weighted by Crippen LogP contribution is 2.03. The topological polar surface area (TPSA) is 67.2 Å². The maximum atomic E-state index is 11.5. The molecular formula is C14H21N3O. The summed E-state index contributed by atoms with van der Waals surface area (Å²) in [5.74, 6) is 0.423. The van der Waals surface area contributed by atoms with Gasteiger partial charge in [0.25, 0.3) is 0 Å². The van der Waals surface area contributed by atoms with E-state index in [1.165, 1.54) is 0 Å². The number of allylic oxidation sites excluding steroid dienone is 1. The van der Waals surface area contributed by atoms with Gasteiger partial charge in [-0.1, -0.05) is 44.2 Å². The molecule has 0 radical (unpaired) electrons. The van der Waals surface area contributed by atoms with Gasteiger partial charge in [0.1, 0.15) is 0 Å². The molecule has 0 heterocycles. The number of carbonyl (C=O) groups is 1. The van der Waals surface area contributed by atoms with Crippen molar-refractivity contribution in [1.29, 1.82) is 0 Å². The van der Waals surface area contributed by atoms with Crippen molar-refractivity contribution in [3.63, 3.8) is 0 Å². The molecule has 0 aliphatic heterocycles. The fraction of sp³-hybridized carbons (Fsp3) is 0.357. The lowest BCUT2D eigenvalue weighted by molar-refractivity contribution is 0.243. The second-order valence-electron chi connectivity index (χ2n) is 4.45. The molecule has 0 fully saturated rings. The highest BCUT2D eigenvalue weighted by molar-refractivity contribution is 5.74. The molecule has 1 aromatic rings. The maximum Gasteiger partial charge on any atom is 0.319 e. The van der Waals surface area contributed by atoms with Gasteiger partial charge in [0.2, 0.25) is 0 Å². The summed E-state index contributed by atoms with van der Waals surface area (Å²) in [6.45, 7) is 5.11. The van der Waals surface area contributed by atoms with Crippen molar-refractivity contribution in [3.8, 4) is 0 Å². The Hall–Kier alpha value is -1.81. The maximum absolute atomic E-state index is 11.5. The van der Waals surface area contributed by atoms with Crippen LogP contribution in [0.2, 0.25) is 0 Å². The van der Waals surface area contributed by atoms with Gasteiger partial charge in [0.15, 0.2) is 0 Å². The number of benzene rings is 1. The minimum Gasteiger partial charge on any atom is -0.334 e. The Bertz CT molecular complexity index is 413. The summed E-state index contributed by atoms with van der Waals surface area (Å²) in [5, 5.41) is 5.44. The Balaban J connectivity index is 2.37. The first-order chi connectivity index (χ1) is 8.61. The molecule has 18 heavy (non-hydrogen) atoms. The first-order valence-corrected chi connectivity index (χ1v) is 6.10. The zero-order valence-corrected chi connectivity index (χ0v) is 10.9. The molecule has 0 bridgehead atoms. The molecule has 1 rings (SSSR count). The fourth-order valence-corrected chi connectivity index (χ4v) is 1.42. The van der Waals surface area contributed by atoms with Gasteiger partial charge in [0.05, 0.1) is 0 Å². The molecule has 4 nitrogen and oxygen atoms in total. The first-order valence-electron chi connectivity index (χ1n) is 6.10. The minimum absolute atomic E-state index is 0.204.